The monoisotopic (exact) mass is 265 g/mol. The highest BCUT2D eigenvalue weighted by molar-refractivity contribution is 5.92. The molecule has 0 aromatic carbocycles. The van der Waals surface area contributed by atoms with E-state index in [1.165, 1.54) is 38.4 Å². The van der Waals surface area contributed by atoms with Gasteiger partial charge in [-0.1, -0.05) is 19.3 Å². The predicted molar refractivity (Wildman–Crippen MR) is 73.2 cm³/mol. The maximum atomic E-state index is 11.7. The van der Waals surface area contributed by atoms with Crippen molar-refractivity contribution in [3.8, 4) is 0 Å². The van der Waals surface area contributed by atoms with Gasteiger partial charge in [0.15, 0.2) is 5.76 Å². The SMILES string of the molecule is Cc1ccoc1C(=O)NCCCOC1CCCCC1. The lowest BCUT2D eigenvalue weighted by molar-refractivity contribution is 0.0273. The number of carbonyl (C=O) groups excluding carboxylic acids is 1. The van der Waals surface area contributed by atoms with E-state index < -0.39 is 0 Å². The quantitative estimate of drug-likeness (QED) is 0.804. The Morgan fingerprint density at radius 1 is 1.42 bits per heavy atom. The summed E-state index contributed by atoms with van der Waals surface area (Å²) < 4.78 is 10.9. The molecule has 0 bridgehead atoms. The second kappa shape index (κ2) is 7.34. The molecule has 1 fully saturated rings. The Kier molecular flexibility index (Phi) is 5.45. The Labute approximate surface area is 114 Å². The summed E-state index contributed by atoms with van der Waals surface area (Å²) in [7, 11) is 0. The maximum absolute atomic E-state index is 11.7. The van der Waals surface area contributed by atoms with E-state index in [0.29, 0.717) is 18.4 Å². The van der Waals surface area contributed by atoms with Crippen molar-refractivity contribution in [2.24, 2.45) is 0 Å². The first-order chi connectivity index (χ1) is 9.27. The van der Waals surface area contributed by atoms with Crippen LogP contribution in [0.1, 0.15) is 54.6 Å². The summed E-state index contributed by atoms with van der Waals surface area (Å²) in [5, 5.41) is 2.85. The van der Waals surface area contributed by atoms with Crippen LogP contribution in [0.3, 0.4) is 0 Å². The normalized spacial score (nSPS) is 16.5. The van der Waals surface area contributed by atoms with Crippen LogP contribution >= 0.6 is 0 Å². The molecule has 19 heavy (non-hydrogen) atoms. The minimum atomic E-state index is -0.139. The number of carbonyl (C=O) groups is 1. The van der Waals surface area contributed by atoms with Crippen molar-refractivity contribution in [1.29, 1.82) is 0 Å². The molecule has 4 nitrogen and oxygen atoms in total. The average molecular weight is 265 g/mol. The van der Waals surface area contributed by atoms with Gasteiger partial charge in [-0.3, -0.25) is 4.79 Å². The lowest BCUT2D eigenvalue weighted by Gasteiger charge is -2.21. The molecule has 1 aliphatic rings. The number of nitrogens with one attached hydrogen (secondary N) is 1. The summed E-state index contributed by atoms with van der Waals surface area (Å²) in [5.74, 6) is 0.272. The van der Waals surface area contributed by atoms with Gasteiger partial charge in [-0.2, -0.15) is 0 Å². The highest BCUT2D eigenvalue weighted by Gasteiger charge is 2.14. The Morgan fingerprint density at radius 2 is 2.21 bits per heavy atom. The molecule has 1 aromatic heterocycles. The van der Waals surface area contributed by atoms with Crippen LogP contribution in [-0.4, -0.2) is 25.2 Å². The number of amides is 1. The first-order valence-electron chi connectivity index (χ1n) is 7.21. The fourth-order valence-electron chi connectivity index (χ4n) is 2.44. The first kappa shape index (κ1) is 14.1. The van der Waals surface area contributed by atoms with Crippen molar-refractivity contribution in [1.82, 2.24) is 5.32 Å². The number of rotatable bonds is 6. The number of furan rings is 1. The molecule has 4 heteroatoms. The predicted octanol–water partition coefficient (Wildman–Crippen LogP) is 3.06. The van der Waals surface area contributed by atoms with E-state index in [1.807, 2.05) is 6.92 Å². The maximum Gasteiger partial charge on any atom is 0.287 e. The number of hydrogen-bond acceptors (Lipinski definition) is 3. The molecule has 0 saturated heterocycles. The zero-order valence-electron chi connectivity index (χ0n) is 11.6. The van der Waals surface area contributed by atoms with Crippen LogP contribution in [0.15, 0.2) is 16.7 Å². The average Bonchev–Trinajstić information content (AvgIpc) is 2.86. The summed E-state index contributed by atoms with van der Waals surface area (Å²) in [4.78, 5) is 11.7. The van der Waals surface area contributed by atoms with Gasteiger partial charge in [-0.15, -0.1) is 0 Å². The third kappa shape index (κ3) is 4.39. The molecule has 1 N–H and O–H groups in total. The molecule has 106 valence electrons. The Balaban J connectivity index is 1.56. The molecule has 0 unspecified atom stereocenters. The molecule has 2 rings (SSSR count). The van der Waals surface area contributed by atoms with Crippen LogP contribution in [0.5, 0.6) is 0 Å². The van der Waals surface area contributed by atoms with Gasteiger partial charge in [-0.05, 0) is 32.3 Å². The van der Waals surface area contributed by atoms with Crippen LogP contribution in [0.25, 0.3) is 0 Å². The van der Waals surface area contributed by atoms with Crippen molar-refractivity contribution in [3.63, 3.8) is 0 Å². The Bertz CT molecular complexity index is 394. The topological polar surface area (TPSA) is 51.5 Å². The summed E-state index contributed by atoms with van der Waals surface area (Å²) in [6.45, 7) is 3.22. The van der Waals surface area contributed by atoms with Crippen LogP contribution in [0.4, 0.5) is 0 Å². The number of hydrogen-bond donors (Lipinski definition) is 1. The molecule has 0 spiro atoms. The lowest BCUT2D eigenvalue weighted by atomic mass is 9.98. The van der Waals surface area contributed by atoms with Gasteiger partial charge in [-0.25, -0.2) is 0 Å². The van der Waals surface area contributed by atoms with Crippen LogP contribution in [0, 0.1) is 6.92 Å². The summed E-state index contributed by atoms with van der Waals surface area (Å²) in [6.07, 6.45) is 9.14. The summed E-state index contributed by atoms with van der Waals surface area (Å²) >= 11 is 0. The number of aryl methyl sites for hydroxylation is 1. The van der Waals surface area contributed by atoms with Crippen LogP contribution in [-0.2, 0) is 4.74 Å². The Hall–Kier alpha value is -1.29. The standard InChI is InChI=1S/C15H23NO3/c1-12-8-11-19-14(12)15(17)16-9-5-10-18-13-6-3-2-4-7-13/h8,11,13H,2-7,9-10H2,1H3,(H,16,17). The zero-order chi connectivity index (χ0) is 13.5. The molecule has 0 radical (unpaired) electrons. The van der Waals surface area contributed by atoms with E-state index in [-0.39, 0.29) is 5.91 Å². The second-order valence-electron chi connectivity index (χ2n) is 5.17. The minimum Gasteiger partial charge on any atom is -0.459 e. The summed E-state index contributed by atoms with van der Waals surface area (Å²) in [5.41, 5.74) is 0.871. The molecule has 1 heterocycles. The summed E-state index contributed by atoms with van der Waals surface area (Å²) in [6, 6.07) is 1.79. The van der Waals surface area contributed by atoms with Crippen molar-refractivity contribution < 1.29 is 13.9 Å². The van der Waals surface area contributed by atoms with Crippen molar-refractivity contribution in [3.05, 3.63) is 23.7 Å². The molecule has 1 aliphatic carbocycles. The highest BCUT2D eigenvalue weighted by Crippen LogP contribution is 2.20. The third-order valence-electron chi connectivity index (χ3n) is 3.58. The molecule has 1 saturated carbocycles. The van der Waals surface area contributed by atoms with Gasteiger partial charge < -0.3 is 14.5 Å². The lowest BCUT2D eigenvalue weighted by Crippen LogP contribution is -2.26. The van der Waals surface area contributed by atoms with Crippen molar-refractivity contribution >= 4 is 5.91 Å². The van der Waals surface area contributed by atoms with Crippen LogP contribution in [0.2, 0.25) is 0 Å². The van der Waals surface area contributed by atoms with E-state index in [0.717, 1.165) is 18.6 Å². The van der Waals surface area contributed by atoms with E-state index in [1.54, 1.807) is 6.07 Å². The molecular weight excluding hydrogens is 242 g/mol. The second-order valence-corrected chi connectivity index (χ2v) is 5.17. The van der Waals surface area contributed by atoms with Gasteiger partial charge >= 0.3 is 0 Å². The smallest absolute Gasteiger partial charge is 0.287 e. The molecule has 0 aliphatic heterocycles. The molecule has 0 atom stereocenters. The van der Waals surface area contributed by atoms with Crippen molar-refractivity contribution in [2.45, 2.75) is 51.6 Å². The fraction of sp³-hybridized carbons (Fsp3) is 0.667. The van der Waals surface area contributed by atoms with Gasteiger partial charge in [0, 0.05) is 18.7 Å². The van der Waals surface area contributed by atoms with E-state index >= 15 is 0 Å². The van der Waals surface area contributed by atoms with Gasteiger partial charge in [0.25, 0.3) is 5.91 Å². The van der Waals surface area contributed by atoms with Gasteiger partial charge in [0.1, 0.15) is 0 Å². The first-order valence-corrected chi connectivity index (χ1v) is 7.21. The zero-order valence-corrected chi connectivity index (χ0v) is 11.6. The molecule has 1 aromatic rings. The van der Waals surface area contributed by atoms with E-state index in [2.05, 4.69) is 5.32 Å². The highest BCUT2D eigenvalue weighted by atomic mass is 16.5. The van der Waals surface area contributed by atoms with Crippen LogP contribution < -0.4 is 5.32 Å². The van der Waals surface area contributed by atoms with Gasteiger partial charge in [0.2, 0.25) is 0 Å². The Morgan fingerprint density at radius 3 is 2.89 bits per heavy atom. The number of ether oxygens (including phenoxy) is 1. The largest absolute Gasteiger partial charge is 0.459 e. The fourth-order valence-corrected chi connectivity index (χ4v) is 2.44. The van der Waals surface area contributed by atoms with Crippen molar-refractivity contribution in [2.75, 3.05) is 13.2 Å². The minimum absolute atomic E-state index is 0.139. The third-order valence-corrected chi connectivity index (χ3v) is 3.58. The van der Waals surface area contributed by atoms with E-state index in [4.69, 9.17) is 9.15 Å². The van der Waals surface area contributed by atoms with Gasteiger partial charge in [0.05, 0.1) is 12.4 Å². The van der Waals surface area contributed by atoms with E-state index in [9.17, 15) is 4.79 Å². The molecule has 1 amide bonds. The molecular formula is C15H23NO3.